The summed E-state index contributed by atoms with van der Waals surface area (Å²) in [5, 5.41) is 11.7. The van der Waals surface area contributed by atoms with Crippen molar-refractivity contribution in [3.05, 3.63) is 35.7 Å². The number of fused-ring (bicyclic) bond motifs is 1. The molecule has 1 aliphatic carbocycles. The van der Waals surface area contributed by atoms with Crippen LogP contribution in [0.15, 0.2) is 23.6 Å². The first kappa shape index (κ1) is 17.5. The normalized spacial score (nSPS) is 17.6. The van der Waals surface area contributed by atoms with Crippen LogP contribution in [0.25, 0.3) is 0 Å². The van der Waals surface area contributed by atoms with Crippen molar-refractivity contribution >= 4 is 5.96 Å². The van der Waals surface area contributed by atoms with Crippen molar-refractivity contribution in [1.29, 1.82) is 0 Å². The van der Waals surface area contributed by atoms with E-state index in [0.29, 0.717) is 12.1 Å². The van der Waals surface area contributed by atoms with Crippen LogP contribution in [0.1, 0.15) is 43.4 Å². The number of nitrogens with one attached hydrogen (secondary N) is 2. The van der Waals surface area contributed by atoms with Gasteiger partial charge in [-0.1, -0.05) is 0 Å². The maximum Gasteiger partial charge on any atom is 0.191 e. The predicted octanol–water partition coefficient (Wildman–Crippen LogP) is 1.69. The standard InChI is InChI=1S/C18H29N7/c1-13(2)25-12-15-5-6-16(11-17(15)23-25)22-18(19-4)21-8-10-24-9-7-20-14(24)3/h7,9,12-13,16H,5-6,8,10-11H2,1-4H3,(H2,19,21,22). The van der Waals surface area contributed by atoms with Crippen molar-refractivity contribution in [3.63, 3.8) is 0 Å². The van der Waals surface area contributed by atoms with Crippen LogP contribution in [0.5, 0.6) is 0 Å². The van der Waals surface area contributed by atoms with E-state index in [1.807, 2.05) is 26.4 Å². The van der Waals surface area contributed by atoms with E-state index in [1.165, 1.54) is 11.3 Å². The Morgan fingerprint density at radius 2 is 2.28 bits per heavy atom. The molecule has 0 fully saturated rings. The number of aromatic nitrogens is 4. The highest BCUT2D eigenvalue weighted by Crippen LogP contribution is 2.21. The van der Waals surface area contributed by atoms with Crippen molar-refractivity contribution in [2.45, 2.75) is 58.7 Å². The molecular weight excluding hydrogens is 314 g/mol. The lowest BCUT2D eigenvalue weighted by Crippen LogP contribution is -2.46. The molecule has 3 rings (SSSR count). The molecule has 0 aliphatic heterocycles. The molecule has 0 bridgehead atoms. The van der Waals surface area contributed by atoms with E-state index in [4.69, 9.17) is 5.10 Å². The monoisotopic (exact) mass is 343 g/mol. The number of aliphatic imine (C=N–C) groups is 1. The van der Waals surface area contributed by atoms with Crippen molar-refractivity contribution in [2.24, 2.45) is 4.99 Å². The van der Waals surface area contributed by atoms with E-state index in [9.17, 15) is 0 Å². The van der Waals surface area contributed by atoms with Crippen LogP contribution >= 0.6 is 0 Å². The van der Waals surface area contributed by atoms with Gasteiger partial charge in [-0.25, -0.2) is 4.98 Å². The molecule has 2 N–H and O–H groups in total. The third kappa shape index (κ3) is 4.21. The molecule has 0 amide bonds. The third-order valence-corrected chi connectivity index (χ3v) is 4.76. The van der Waals surface area contributed by atoms with Gasteiger partial charge in [0, 0.05) is 57.2 Å². The Kier molecular flexibility index (Phi) is 5.40. The molecule has 1 atom stereocenters. The molecule has 0 aromatic carbocycles. The molecule has 0 saturated carbocycles. The Morgan fingerprint density at radius 1 is 1.44 bits per heavy atom. The number of rotatable bonds is 5. The van der Waals surface area contributed by atoms with Crippen molar-refractivity contribution in [1.82, 2.24) is 30.0 Å². The fourth-order valence-electron chi connectivity index (χ4n) is 3.22. The lowest BCUT2D eigenvalue weighted by Gasteiger charge is -2.24. The van der Waals surface area contributed by atoms with Crippen LogP contribution in [0.2, 0.25) is 0 Å². The van der Waals surface area contributed by atoms with Gasteiger partial charge in [0.2, 0.25) is 0 Å². The lowest BCUT2D eigenvalue weighted by molar-refractivity contribution is 0.498. The van der Waals surface area contributed by atoms with E-state index < -0.39 is 0 Å². The second-order valence-corrected chi connectivity index (χ2v) is 6.93. The number of guanidine groups is 1. The summed E-state index contributed by atoms with van der Waals surface area (Å²) in [6.07, 6.45) is 9.18. The second-order valence-electron chi connectivity index (χ2n) is 6.93. The van der Waals surface area contributed by atoms with Gasteiger partial charge in [-0.05, 0) is 39.2 Å². The van der Waals surface area contributed by atoms with Crippen LogP contribution in [0, 0.1) is 6.92 Å². The van der Waals surface area contributed by atoms with Gasteiger partial charge in [-0.3, -0.25) is 9.67 Å². The summed E-state index contributed by atoms with van der Waals surface area (Å²) in [5.74, 6) is 1.89. The van der Waals surface area contributed by atoms with Gasteiger partial charge in [0.15, 0.2) is 5.96 Å². The molecular formula is C18H29N7. The van der Waals surface area contributed by atoms with Crippen LogP contribution in [-0.4, -0.2) is 44.9 Å². The SMILES string of the molecule is CN=C(NCCn1ccnc1C)NC1CCc2cn(C(C)C)nc2C1. The van der Waals surface area contributed by atoms with Crippen LogP contribution in [0.4, 0.5) is 0 Å². The smallest absolute Gasteiger partial charge is 0.191 e. The molecule has 136 valence electrons. The quantitative estimate of drug-likeness (QED) is 0.640. The van der Waals surface area contributed by atoms with Crippen LogP contribution < -0.4 is 10.6 Å². The summed E-state index contributed by atoms with van der Waals surface area (Å²) in [5.41, 5.74) is 2.62. The molecule has 2 heterocycles. The first-order valence-corrected chi connectivity index (χ1v) is 9.08. The number of imidazole rings is 1. The highest BCUT2D eigenvalue weighted by atomic mass is 15.3. The Balaban J connectivity index is 1.51. The maximum absolute atomic E-state index is 4.75. The Bertz CT molecular complexity index is 726. The van der Waals surface area contributed by atoms with Gasteiger partial charge in [0.05, 0.1) is 5.69 Å². The summed E-state index contributed by atoms with van der Waals surface area (Å²) in [6, 6.07) is 0.794. The Morgan fingerprint density at radius 3 is 2.96 bits per heavy atom. The molecule has 0 spiro atoms. The van der Waals surface area contributed by atoms with E-state index in [1.54, 1.807) is 0 Å². The second kappa shape index (κ2) is 7.72. The van der Waals surface area contributed by atoms with Crippen LogP contribution in [-0.2, 0) is 19.4 Å². The van der Waals surface area contributed by atoms with Gasteiger partial charge in [-0.2, -0.15) is 5.10 Å². The fraction of sp³-hybridized carbons (Fsp3) is 0.611. The van der Waals surface area contributed by atoms with E-state index >= 15 is 0 Å². The Hall–Kier alpha value is -2.31. The average molecular weight is 343 g/mol. The minimum Gasteiger partial charge on any atom is -0.355 e. The maximum atomic E-state index is 4.75. The van der Waals surface area contributed by atoms with Gasteiger partial charge in [0.1, 0.15) is 5.82 Å². The number of aryl methyl sites for hydroxylation is 2. The summed E-state index contributed by atoms with van der Waals surface area (Å²) in [6.45, 7) is 8.05. The first-order chi connectivity index (χ1) is 12.1. The van der Waals surface area contributed by atoms with Gasteiger partial charge in [-0.15, -0.1) is 0 Å². The fourth-order valence-corrected chi connectivity index (χ4v) is 3.22. The van der Waals surface area contributed by atoms with Gasteiger partial charge < -0.3 is 15.2 Å². The van der Waals surface area contributed by atoms with Crippen molar-refractivity contribution in [3.8, 4) is 0 Å². The minimum atomic E-state index is 0.379. The van der Waals surface area contributed by atoms with E-state index in [2.05, 4.69) is 49.9 Å². The minimum absolute atomic E-state index is 0.379. The molecule has 0 saturated heterocycles. The topological polar surface area (TPSA) is 72.1 Å². The number of nitrogens with zero attached hydrogens (tertiary/aromatic N) is 5. The molecule has 1 aliphatic rings. The summed E-state index contributed by atoms with van der Waals surface area (Å²) in [4.78, 5) is 8.60. The highest BCUT2D eigenvalue weighted by molar-refractivity contribution is 5.80. The van der Waals surface area contributed by atoms with E-state index in [-0.39, 0.29) is 0 Å². The summed E-state index contributed by atoms with van der Waals surface area (Å²) < 4.78 is 4.21. The number of hydrogen-bond donors (Lipinski definition) is 2. The summed E-state index contributed by atoms with van der Waals surface area (Å²) >= 11 is 0. The first-order valence-electron chi connectivity index (χ1n) is 9.08. The number of hydrogen-bond acceptors (Lipinski definition) is 3. The molecule has 2 aromatic heterocycles. The largest absolute Gasteiger partial charge is 0.355 e. The molecule has 0 radical (unpaired) electrons. The highest BCUT2D eigenvalue weighted by Gasteiger charge is 2.22. The zero-order valence-electron chi connectivity index (χ0n) is 15.7. The molecule has 7 nitrogen and oxygen atoms in total. The van der Waals surface area contributed by atoms with Crippen molar-refractivity contribution < 1.29 is 0 Å². The van der Waals surface area contributed by atoms with Gasteiger partial charge >= 0.3 is 0 Å². The van der Waals surface area contributed by atoms with E-state index in [0.717, 1.165) is 44.1 Å². The lowest BCUT2D eigenvalue weighted by atomic mass is 9.94. The molecule has 1 unspecified atom stereocenters. The molecule has 25 heavy (non-hydrogen) atoms. The summed E-state index contributed by atoms with van der Waals surface area (Å²) in [7, 11) is 1.82. The van der Waals surface area contributed by atoms with Gasteiger partial charge in [0.25, 0.3) is 0 Å². The van der Waals surface area contributed by atoms with Crippen LogP contribution in [0.3, 0.4) is 0 Å². The van der Waals surface area contributed by atoms with Crippen molar-refractivity contribution in [2.75, 3.05) is 13.6 Å². The molecule has 2 aromatic rings. The zero-order chi connectivity index (χ0) is 17.8. The molecule has 7 heteroatoms. The zero-order valence-corrected chi connectivity index (χ0v) is 15.7. The Labute approximate surface area is 149 Å². The third-order valence-electron chi connectivity index (χ3n) is 4.76. The predicted molar refractivity (Wildman–Crippen MR) is 99.9 cm³/mol. The average Bonchev–Trinajstić information content (AvgIpc) is 3.20.